The standard InChI is InChI=1S/C14H13BrO2/c1-16-13-7-12(15)8-14(9-13)17-10-11-5-3-2-4-6-11/h2-9H,10H2,1H3/i1D3. The van der Waals surface area contributed by atoms with E-state index in [2.05, 4.69) is 15.9 Å². The number of ether oxygens (including phenoxy) is 2. The van der Waals surface area contributed by atoms with E-state index in [1.807, 2.05) is 30.3 Å². The van der Waals surface area contributed by atoms with E-state index in [0.29, 0.717) is 16.8 Å². The maximum absolute atomic E-state index is 7.10. The number of hydrogen-bond acceptors (Lipinski definition) is 2. The Morgan fingerprint density at radius 2 is 1.88 bits per heavy atom. The number of halogens is 1. The third-order valence-corrected chi connectivity index (χ3v) is 2.67. The van der Waals surface area contributed by atoms with Crippen molar-refractivity contribution in [1.82, 2.24) is 0 Å². The molecule has 0 heterocycles. The first-order valence-corrected chi connectivity index (χ1v) is 5.88. The van der Waals surface area contributed by atoms with Crippen molar-refractivity contribution < 1.29 is 13.6 Å². The van der Waals surface area contributed by atoms with Crippen LogP contribution in [-0.4, -0.2) is 7.04 Å². The summed E-state index contributed by atoms with van der Waals surface area (Å²) in [4.78, 5) is 0. The van der Waals surface area contributed by atoms with Crippen LogP contribution in [0, 0.1) is 0 Å². The molecule has 0 aliphatic heterocycles. The van der Waals surface area contributed by atoms with Crippen LogP contribution >= 0.6 is 15.9 Å². The van der Waals surface area contributed by atoms with Crippen LogP contribution in [0.5, 0.6) is 11.5 Å². The molecule has 88 valence electrons. The van der Waals surface area contributed by atoms with Gasteiger partial charge in [0.1, 0.15) is 18.1 Å². The summed E-state index contributed by atoms with van der Waals surface area (Å²) in [5.41, 5.74) is 1.03. The van der Waals surface area contributed by atoms with Crippen LogP contribution in [0.2, 0.25) is 0 Å². The topological polar surface area (TPSA) is 18.5 Å². The highest BCUT2D eigenvalue weighted by Gasteiger charge is 2.01. The molecule has 2 aromatic carbocycles. The predicted octanol–water partition coefficient (Wildman–Crippen LogP) is 4.04. The zero-order valence-corrected chi connectivity index (χ0v) is 10.6. The van der Waals surface area contributed by atoms with E-state index in [-0.39, 0.29) is 5.75 Å². The Morgan fingerprint density at radius 1 is 1.12 bits per heavy atom. The molecule has 0 N–H and O–H groups in total. The van der Waals surface area contributed by atoms with Gasteiger partial charge in [0.25, 0.3) is 0 Å². The Hall–Kier alpha value is -1.48. The Morgan fingerprint density at radius 3 is 2.65 bits per heavy atom. The van der Waals surface area contributed by atoms with E-state index < -0.39 is 7.04 Å². The third-order valence-electron chi connectivity index (χ3n) is 2.21. The number of benzene rings is 2. The Balaban J connectivity index is 2.08. The average molecular weight is 296 g/mol. The summed E-state index contributed by atoms with van der Waals surface area (Å²) in [7, 11) is -2.47. The van der Waals surface area contributed by atoms with Crippen molar-refractivity contribution in [1.29, 1.82) is 0 Å². The molecule has 0 bridgehead atoms. The lowest BCUT2D eigenvalue weighted by Crippen LogP contribution is -1.95. The van der Waals surface area contributed by atoms with Gasteiger partial charge in [-0.3, -0.25) is 0 Å². The lowest BCUT2D eigenvalue weighted by Gasteiger charge is -2.08. The van der Waals surface area contributed by atoms with Crippen LogP contribution in [0.25, 0.3) is 0 Å². The van der Waals surface area contributed by atoms with E-state index in [9.17, 15) is 0 Å². The summed E-state index contributed by atoms with van der Waals surface area (Å²) < 4.78 is 32.5. The van der Waals surface area contributed by atoms with Gasteiger partial charge in [0.05, 0.1) is 11.2 Å². The minimum atomic E-state index is -2.47. The highest BCUT2D eigenvalue weighted by molar-refractivity contribution is 9.10. The van der Waals surface area contributed by atoms with Crippen molar-refractivity contribution in [2.45, 2.75) is 6.61 Å². The second-order valence-corrected chi connectivity index (χ2v) is 4.41. The average Bonchev–Trinajstić information content (AvgIpc) is 2.35. The van der Waals surface area contributed by atoms with Crippen LogP contribution in [0.4, 0.5) is 0 Å². The zero-order chi connectivity index (χ0) is 14.6. The molecule has 2 aromatic rings. The first kappa shape index (κ1) is 8.59. The molecule has 0 radical (unpaired) electrons. The van der Waals surface area contributed by atoms with Gasteiger partial charge in [-0.25, -0.2) is 0 Å². The lowest BCUT2D eigenvalue weighted by atomic mass is 10.2. The quantitative estimate of drug-likeness (QED) is 0.848. The predicted molar refractivity (Wildman–Crippen MR) is 71.5 cm³/mol. The van der Waals surface area contributed by atoms with E-state index in [4.69, 9.17) is 13.6 Å². The maximum Gasteiger partial charge on any atom is 0.124 e. The molecule has 0 aliphatic carbocycles. The van der Waals surface area contributed by atoms with Gasteiger partial charge in [0.2, 0.25) is 0 Å². The van der Waals surface area contributed by atoms with Crippen LogP contribution in [0.3, 0.4) is 0 Å². The summed E-state index contributed by atoms with van der Waals surface area (Å²) in [6, 6.07) is 14.6. The zero-order valence-electron chi connectivity index (χ0n) is 12.0. The second-order valence-electron chi connectivity index (χ2n) is 3.50. The molecule has 17 heavy (non-hydrogen) atoms. The molecule has 0 fully saturated rings. The van der Waals surface area contributed by atoms with Crippen molar-refractivity contribution in [3.8, 4) is 11.5 Å². The fourth-order valence-corrected chi connectivity index (χ4v) is 1.87. The van der Waals surface area contributed by atoms with Gasteiger partial charge in [-0.1, -0.05) is 46.3 Å². The van der Waals surface area contributed by atoms with Gasteiger partial charge in [-0.15, -0.1) is 0 Å². The molecule has 3 heteroatoms. The van der Waals surface area contributed by atoms with Gasteiger partial charge in [-0.05, 0) is 17.7 Å². The highest BCUT2D eigenvalue weighted by atomic mass is 79.9. The van der Waals surface area contributed by atoms with Crippen LogP contribution in [0.15, 0.2) is 53.0 Å². The van der Waals surface area contributed by atoms with Gasteiger partial charge < -0.3 is 9.47 Å². The first-order valence-electron chi connectivity index (χ1n) is 6.59. The van der Waals surface area contributed by atoms with Crippen LogP contribution in [-0.2, 0) is 6.61 Å². The minimum Gasteiger partial charge on any atom is -0.497 e. The molecule has 0 spiro atoms. The van der Waals surface area contributed by atoms with Crippen molar-refractivity contribution >= 4 is 15.9 Å². The second kappa shape index (κ2) is 5.73. The summed E-state index contributed by atoms with van der Waals surface area (Å²) in [6.07, 6.45) is 0. The molecule has 0 amide bonds. The Kier molecular flexibility index (Phi) is 2.90. The molecular weight excluding hydrogens is 280 g/mol. The first-order chi connectivity index (χ1) is 9.42. The van der Waals surface area contributed by atoms with Gasteiger partial charge in [0, 0.05) is 10.5 Å². The van der Waals surface area contributed by atoms with Gasteiger partial charge >= 0.3 is 0 Å². The summed E-state index contributed by atoms with van der Waals surface area (Å²) >= 11 is 3.30. The molecule has 0 aromatic heterocycles. The van der Waals surface area contributed by atoms with E-state index in [1.54, 1.807) is 18.2 Å². The number of hydrogen-bond donors (Lipinski definition) is 0. The van der Waals surface area contributed by atoms with Crippen LogP contribution in [0.1, 0.15) is 9.68 Å². The largest absolute Gasteiger partial charge is 0.497 e. The molecular formula is C14H13BrO2. The van der Waals surface area contributed by atoms with Crippen molar-refractivity contribution in [2.24, 2.45) is 0 Å². The monoisotopic (exact) mass is 295 g/mol. The fourth-order valence-electron chi connectivity index (χ4n) is 1.42. The summed E-state index contributed by atoms with van der Waals surface area (Å²) in [6.45, 7) is 0.407. The molecule has 0 aliphatic rings. The molecule has 0 saturated carbocycles. The van der Waals surface area contributed by atoms with E-state index in [0.717, 1.165) is 5.56 Å². The lowest BCUT2D eigenvalue weighted by molar-refractivity contribution is 0.303. The Bertz CT molecular complexity index is 570. The maximum atomic E-state index is 7.10. The fraction of sp³-hybridized carbons (Fsp3) is 0.143. The summed E-state index contributed by atoms with van der Waals surface area (Å²) in [5, 5.41) is 0. The molecule has 2 rings (SSSR count). The smallest absolute Gasteiger partial charge is 0.124 e. The number of methoxy groups -OCH3 is 1. The highest BCUT2D eigenvalue weighted by Crippen LogP contribution is 2.26. The Labute approximate surface area is 114 Å². The van der Waals surface area contributed by atoms with Gasteiger partial charge in [-0.2, -0.15) is 0 Å². The third kappa shape index (κ3) is 3.49. The van der Waals surface area contributed by atoms with E-state index >= 15 is 0 Å². The normalized spacial score (nSPS) is 13.4. The number of rotatable bonds is 4. The molecule has 0 unspecified atom stereocenters. The minimum absolute atomic E-state index is 0.238. The SMILES string of the molecule is [2H]C([2H])([2H])Oc1cc(Br)cc(OCc2ccccc2)c1. The molecule has 0 atom stereocenters. The molecule has 0 saturated heterocycles. The van der Waals surface area contributed by atoms with Crippen molar-refractivity contribution in [2.75, 3.05) is 7.04 Å². The van der Waals surface area contributed by atoms with Crippen molar-refractivity contribution in [3.63, 3.8) is 0 Å². The molecule has 2 nitrogen and oxygen atoms in total. The van der Waals surface area contributed by atoms with E-state index in [1.165, 1.54) is 0 Å². The van der Waals surface area contributed by atoms with Gasteiger partial charge in [0.15, 0.2) is 0 Å². The summed E-state index contributed by atoms with van der Waals surface area (Å²) in [5.74, 6) is 0.782. The van der Waals surface area contributed by atoms with Crippen LogP contribution < -0.4 is 9.47 Å². The van der Waals surface area contributed by atoms with Crippen molar-refractivity contribution in [3.05, 3.63) is 58.6 Å².